The molecule has 26 heavy (non-hydrogen) atoms. The van der Waals surface area contributed by atoms with Gasteiger partial charge in [0.25, 0.3) is 0 Å². The van der Waals surface area contributed by atoms with Gasteiger partial charge in [0.15, 0.2) is 0 Å². The molecule has 1 heterocycles. The van der Waals surface area contributed by atoms with Crippen molar-refractivity contribution in [2.45, 2.75) is 6.54 Å². The molecule has 3 rings (SSSR count). The highest BCUT2D eigenvalue weighted by atomic mass is 15.1. The molecule has 2 aromatic carbocycles. The second-order valence-electron chi connectivity index (χ2n) is 5.71. The fourth-order valence-electron chi connectivity index (χ4n) is 2.81. The highest BCUT2D eigenvalue weighted by Crippen LogP contribution is 2.34. The lowest BCUT2D eigenvalue weighted by molar-refractivity contribution is 1.07. The molecule has 0 saturated carbocycles. The minimum Gasteiger partial charge on any atom is -0.387 e. The van der Waals surface area contributed by atoms with Gasteiger partial charge in [0, 0.05) is 42.8 Å². The Balaban J connectivity index is 2.11. The minimum atomic E-state index is 0.199. The Hall–Kier alpha value is -3.45. The molecule has 0 aliphatic rings. The minimum absolute atomic E-state index is 0.199. The standard InChI is InChI=1S/C19H21N7/c1-23-18-14(11-21)8-15(25-17-5-6-24-19(22)26-17)9-16(18)13-4-2-3-12(7-13)10-20/h2-9,11,21,23H,10,20H2,1H3,(H3,22,24,25,26). The largest absolute Gasteiger partial charge is 0.387 e. The van der Waals surface area contributed by atoms with Crippen LogP contribution < -0.4 is 22.1 Å². The van der Waals surface area contributed by atoms with Gasteiger partial charge in [0.1, 0.15) is 5.82 Å². The Morgan fingerprint density at radius 1 is 1.19 bits per heavy atom. The van der Waals surface area contributed by atoms with E-state index in [1.54, 1.807) is 12.3 Å². The zero-order valence-corrected chi connectivity index (χ0v) is 14.5. The van der Waals surface area contributed by atoms with E-state index in [2.05, 4.69) is 26.7 Å². The molecule has 0 fully saturated rings. The van der Waals surface area contributed by atoms with Gasteiger partial charge in [-0.15, -0.1) is 0 Å². The van der Waals surface area contributed by atoms with Gasteiger partial charge in [0.05, 0.1) is 5.69 Å². The zero-order chi connectivity index (χ0) is 18.5. The van der Waals surface area contributed by atoms with E-state index >= 15 is 0 Å². The molecule has 0 atom stereocenters. The molecule has 0 aliphatic heterocycles. The highest BCUT2D eigenvalue weighted by molar-refractivity contribution is 5.96. The molecule has 0 unspecified atom stereocenters. The molecular formula is C19H21N7. The third-order valence-corrected chi connectivity index (χ3v) is 3.99. The Labute approximate surface area is 152 Å². The third-order valence-electron chi connectivity index (χ3n) is 3.99. The van der Waals surface area contributed by atoms with Crippen LogP contribution in [0.3, 0.4) is 0 Å². The van der Waals surface area contributed by atoms with Gasteiger partial charge in [-0.1, -0.05) is 18.2 Å². The number of nitrogen functional groups attached to an aromatic ring is 1. The average molecular weight is 347 g/mol. The molecular weight excluding hydrogens is 326 g/mol. The van der Waals surface area contributed by atoms with E-state index in [0.29, 0.717) is 12.4 Å². The number of hydrogen-bond acceptors (Lipinski definition) is 7. The molecule has 7 nitrogen and oxygen atoms in total. The summed E-state index contributed by atoms with van der Waals surface area (Å²) in [6.45, 7) is 0.471. The molecule has 0 spiro atoms. The lowest BCUT2D eigenvalue weighted by Gasteiger charge is -2.16. The summed E-state index contributed by atoms with van der Waals surface area (Å²) in [5.41, 5.74) is 16.9. The van der Waals surface area contributed by atoms with E-state index in [-0.39, 0.29) is 5.95 Å². The summed E-state index contributed by atoms with van der Waals surface area (Å²) in [6.07, 6.45) is 2.91. The number of anilines is 4. The van der Waals surface area contributed by atoms with Crippen molar-refractivity contribution in [3.8, 4) is 11.1 Å². The van der Waals surface area contributed by atoms with Crippen molar-refractivity contribution < 1.29 is 0 Å². The van der Waals surface area contributed by atoms with Gasteiger partial charge in [-0.2, -0.15) is 4.98 Å². The maximum Gasteiger partial charge on any atom is 0.221 e. The maximum absolute atomic E-state index is 7.78. The summed E-state index contributed by atoms with van der Waals surface area (Å²) >= 11 is 0. The monoisotopic (exact) mass is 347 g/mol. The first-order valence-electron chi connectivity index (χ1n) is 8.15. The predicted molar refractivity (Wildman–Crippen MR) is 107 cm³/mol. The molecule has 0 saturated heterocycles. The first-order valence-corrected chi connectivity index (χ1v) is 8.15. The number of nitrogens with one attached hydrogen (secondary N) is 3. The van der Waals surface area contributed by atoms with E-state index in [4.69, 9.17) is 16.9 Å². The summed E-state index contributed by atoms with van der Waals surface area (Å²) in [5, 5.41) is 14.2. The Morgan fingerprint density at radius 2 is 2.04 bits per heavy atom. The quantitative estimate of drug-likeness (QED) is 0.436. The Morgan fingerprint density at radius 3 is 2.73 bits per heavy atom. The zero-order valence-electron chi connectivity index (χ0n) is 14.5. The van der Waals surface area contributed by atoms with Crippen LogP contribution in [-0.2, 0) is 6.54 Å². The summed E-state index contributed by atoms with van der Waals surface area (Å²) in [6, 6.07) is 13.7. The number of hydrogen-bond donors (Lipinski definition) is 5. The molecule has 0 bridgehead atoms. The van der Waals surface area contributed by atoms with Gasteiger partial charge >= 0.3 is 0 Å². The van der Waals surface area contributed by atoms with Crippen LogP contribution in [-0.4, -0.2) is 23.2 Å². The van der Waals surface area contributed by atoms with Gasteiger partial charge in [0.2, 0.25) is 5.95 Å². The smallest absolute Gasteiger partial charge is 0.221 e. The first-order chi connectivity index (χ1) is 12.6. The maximum atomic E-state index is 7.78. The van der Waals surface area contributed by atoms with E-state index in [1.807, 2.05) is 37.4 Å². The molecule has 7 heteroatoms. The molecule has 0 amide bonds. The number of rotatable bonds is 6. The van der Waals surface area contributed by atoms with Crippen molar-refractivity contribution in [3.05, 3.63) is 59.8 Å². The Kier molecular flexibility index (Phi) is 5.09. The number of nitrogens with zero attached hydrogens (tertiary/aromatic N) is 2. The predicted octanol–water partition coefficient (Wildman–Crippen LogP) is 2.97. The first kappa shape index (κ1) is 17.4. The van der Waals surface area contributed by atoms with Gasteiger partial charge in [-0.05, 0) is 35.4 Å². The van der Waals surface area contributed by atoms with Crippen molar-refractivity contribution in [2.24, 2.45) is 5.73 Å². The van der Waals surface area contributed by atoms with Crippen molar-refractivity contribution in [2.75, 3.05) is 23.4 Å². The van der Waals surface area contributed by atoms with Crippen molar-refractivity contribution in [3.63, 3.8) is 0 Å². The van der Waals surface area contributed by atoms with Crippen molar-refractivity contribution in [1.82, 2.24) is 9.97 Å². The number of nitrogens with two attached hydrogens (primary N) is 2. The molecule has 0 aliphatic carbocycles. The topological polar surface area (TPSA) is 126 Å². The van der Waals surface area contributed by atoms with E-state index in [1.165, 1.54) is 6.21 Å². The number of benzene rings is 2. The SMILES string of the molecule is CNc1c(C=N)cc(Nc2ccnc(N)n2)cc1-c1cccc(CN)c1. The lowest BCUT2D eigenvalue weighted by atomic mass is 9.97. The van der Waals surface area contributed by atoms with Crippen LogP contribution in [0.5, 0.6) is 0 Å². The molecule has 0 radical (unpaired) electrons. The van der Waals surface area contributed by atoms with Crippen LogP contribution in [0.2, 0.25) is 0 Å². The van der Waals surface area contributed by atoms with E-state index in [0.717, 1.165) is 33.6 Å². The van der Waals surface area contributed by atoms with Crippen LogP contribution in [0.25, 0.3) is 11.1 Å². The second-order valence-corrected chi connectivity index (χ2v) is 5.71. The summed E-state index contributed by atoms with van der Waals surface area (Å²) in [7, 11) is 1.84. The summed E-state index contributed by atoms with van der Waals surface area (Å²) < 4.78 is 0. The fraction of sp³-hybridized carbons (Fsp3) is 0.105. The summed E-state index contributed by atoms with van der Waals surface area (Å²) in [4.78, 5) is 8.06. The van der Waals surface area contributed by atoms with Crippen molar-refractivity contribution in [1.29, 1.82) is 5.41 Å². The van der Waals surface area contributed by atoms with Crippen LogP contribution in [0, 0.1) is 5.41 Å². The average Bonchev–Trinajstić information content (AvgIpc) is 2.67. The molecule has 132 valence electrons. The van der Waals surface area contributed by atoms with Gasteiger partial charge in [-0.25, -0.2) is 4.98 Å². The fourth-order valence-corrected chi connectivity index (χ4v) is 2.81. The van der Waals surface area contributed by atoms with Crippen LogP contribution >= 0.6 is 0 Å². The van der Waals surface area contributed by atoms with Gasteiger partial charge < -0.3 is 27.5 Å². The lowest BCUT2D eigenvalue weighted by Crippen LogP contribution is -2.03. The molecule has 7 N–H and O–H groups in total. The highest BCUT2D eigenvalue weighted by Gasteiger charge is 2.12. The van der Waals surface area contributed by atoms with Crippen LogP contribution in [0.4, 0.5) is 23.1 Å². The van der Waals surface area contributed by atoms with Crippen molar-refractivity contribution >= 4 is 29.4 Å². The Bertz CT molecular complexity index is 937. The third kappa shape index (κ3) is 3.62. The van der Waals surface area contributed by atoms with E-state index < -0.39 is 0 Å². The normalized spacial score (nSPS) is 10.4. The summed E-state index contributed by atoms with van der Waals surface area (Å²) in [5.74, 6) is 0.789. The van der Waals surface area contributed by atoms with E-state index in [9.17, 15) is 0 Å². The van der Waals surface area contributed by atoms with Crippen LogP contribution in [0.15, 0.2) is 48.7 Å². The van der Waals surface area contributed by atoms with Crippen LogP contribution in [0.1, 0.15) is 11.1 Å². The molecule has 3 aromatic rings. The second kappa shape index (κ2) is 7.62. The number of aromatic nitrogens is 2. The van der Waals surface area contributed by atoms with Gasteiger partial charge in [-0.3, -0.25) is 0 Å². The molecule has 1 aromatic heterocycles.